The van der Waals surface area contributed by atoms with Gasteiger partial charge in [-0.3, -0.25) is 4.79 Å². The highest BCUT2D eigenvalue weighted by molar-refractivity contribution is 5.79. The van der Waals surface area contributed by atoms with Gasteiger partial charge in [-0.15, -0.1) is 0 Å². The lowest BCUT2D eigenvalue weighted by molar-refractivity contribution is -0.119. The second-order valence-electron chi connectivity index (χ2n) is 3.33. The summed E-state index contributed by atoms with van der Waals surface area (Å²) in [6.07, 6.45) is 0. The van der Waals surface area contributed by atoms with E-state index in [1.165, 1.54) is 12.1 Å². The standard InChI is InChI=1S/C10H14N2O3/c1-6(10(11)15)12-5-7-2-3-8(13)9(14)4-7/h2-4,6,12-14H,5H2,1H3,(H2,11,15). The molecule has 0 radical (unpaired) electrons. The third kappa shape index (κ3) is 3.14. The van der Waals surface area contributed by atoms with E-state index in [1.54, 1.807) is 13.0 Å². The summed E-state index contributed by atoms with van der Waals surface area (Å²) in [5, 5.41) is 21.1. The van der Waals surface area contributed by atoms with Crippen LogP contribution in [-0.4, -0.2) is 22.2 Å². The number of primary amides is 1. The van der Waals surface area contributed by atoms with Crippen LogP contribution in [0.5, 0.6) is 11.5 Å². The summed E-state index contributed by atoms with van der Waals surface area (Å²) in [6, 6.07) is 4.04. The van der Waals surface area contributed by atoms with E-state index in [2.05, 4.69) is 5.32 Å². The van der Waals surface area contributed by atoms with Crippen molar-refractivity contribution in [1.29, 1.82) is 0 Å². The van der Waals surface area contributed by atoms with E-state index >= 15 is 0 Å². The molecular formula is C10H14N2O3. The monoisotopic (exact) mass is 210 g/mol. The number of hydrogen-bond donors (Lipinski definition) is 4. The van der Waals surface area contributed by atoms with Crippen molar-refractivity contribution in [2.45, 2.75) is 19.5 Å². The Kier molecular flexibility index (Phi) is 3.51. The molecule has 15 heavy (non-hydrogen) atoms. The van der Waals surface area contributed by atoms with Crippen molar-refractivity contribution < 1.29 is 15.0 Å². The van der Waals surface area contributed by atoms with Crippen LogP contribution in [0.4, 0.5) is 0 Å². The lowest BCUT2D eigenvalue weighted by atomic mass is 10.2. The number of phenols is 2. The molecule has 5 N–H and O–H groups in total. The van der Waals surface area contributed by atoms with Gasteiger partial charge in [0.2, 0.25) is 5.91 Å². The number of phenolic OH excluding ortho intramolecular Hbond substituents is 2. The minimum atomic E-state index is -0.432. The number of rotatable bonds is 4. The molecule has 1 rings (SSSR count). The van der Waals surface area contributed by atoms with Crippen molar-refractivity contribution in [2.24, 2.45) is 5.73 Å². The maximum atomic E-state index is 10.7. The minimum absolute atomic E-state index is 0.165. The molecule has 5 nitrogen and oxygen atoms in total. The van der Waals surface area contributed by atoms with Crippen LogP contribution < -0.4 is 11.1 Å². The van der Waals surface area contributed by atoms with Gasteiger partial charge in [0.15, 0.2) is 11.5 Å². The first-order valence-corrected chi connectivity index (χ1v) is 4.54. The van der Waals surface area contributed by atoms with E-state index in [0.717, 1.165) is 5.56 Å². The molecule has 0 aliphatic carbocycles. The fourth-order valence-corrected chi connectivity index (χ4v) is 1.05. The molecule has 1 unspecified atom stereocenters. The second-order valence-corrected chi connectivity index (χ2v) is 3.33. The summed E-state index contributed by atoms with van der Waals surface area (Å²) in [6.45, 7) is 2.06. The van der Waals surface area contributed by atoms with Crippen molar-refractivity contribution in [3.8, 4) is 11.5 Å². The zero-order valence-electron chi connectivity index (χ0n) is 8.40. The average Bonchev–Trinajstić information content (AvgIpc) is 2.19. The zero-order chi connectivity index (χ0) is 11.4. The first-order valence-electron chi connectivity index (χ1n) is 4.54. The van der Waals surface area contributed by atoms with Gasteiger partial charge >= 0.3 is 0 Å². The highest BCUT2D eigenvalue weighted by Crippen LogP contribution is 2.24. The summed E-state index contributed by atoms with van der Waals surface area (Å²) in [5.41, 5.74) is 5.83. The lowest BCUT2D eigenvalue weighted by Gasteiger charge is -2.10. The molecule has 1 atom stereocenters. The first-order chi connectivity index (χ1) is 7.00. The summed E-state index contributed by atoms with van der Waals surface area (Å²) < 4.78 is 0. The van der Waals surface area contributed by atoms with E-state index in [9.17, 15) is 9.90 Å². The molecule has 0 heterocycles. The molecule has 0 aliphatic rings. The SMILES string of the molecule is CC(NCc1ccc(O)c(O)c1)C(N)=O. The van der Waals surface area contributed by atoms with Crippen LogP contribution in [0.2, 0.25) is 0 Å². The maximum absolute atomic E-state index is 10.7. The average molecular weight is 210 g/mol. The van der Waals surface area contributed by atoms with E-state index in [4.69, 9.17) is 10.8 Å². The van der Waals surface area contributed by atoms with Crippen molar-refractivity contribution in [1.82, 2.24) is 5.32 Å². The molecule has 1 aromatic carbocycles. The fraction of sp³-hybridized carbons (Fsp3) is 0.300. The van der Waals surface area contributed by atoms with Crippen molar-refractivity contribution in [3.05, 3.63) is 23.8 Å². The number of hydrogen-bond acceptors (Lipinski definition) is 4. The predicted molar refractivity (Wildman–Crippen MR) is 55.3 cm³/mol. The minimum Gasteiger partial charge on any atom is -0.504 e. The Labute approximate surface area is 87.5 Å². The summed E-state index contributed by atoms with van der Waals surface area (Å²) >= 11 is 0. The highest BCUT2D eigenvalue weighted by Gasteiger charge is 2.07. The number of aromatic hydroxyl groups is 2. The molecule has 82 valence electrons. The van der Waals surface area contributed by atoms with Gasteiger partial charge < -0.3 is 21.3 Å². The van der Waals surface area contributed by atoms with Gasteiger partial charge in [0.05, 0.1) is 6.04 Å². The molecule has 0 bridgehead atoms. The molecule has 0 saturated carbocycles. The number of nitrogens with two attached hydrogens (primary N) is 1. The van der Waals surface area contributed by atoms with E-state index in [-0.39, 0.29) is 11.5 Å². The highest BCUT2D eigenvalue weighted by atomic mass is 16.3. The smallest absolute Gasteiger partial charge is 0.234 e. The molecule has 0 aliphatic heterocycles. The van der Waals surface area contributed by atoms with Crippen LogP contribution >= 0.6 is 0 Å². The quantitative estimate of drug-likeness (QED) is 0.528. The van der Waals surface area contributed by atoms with Crippen LogP contribution in [0.1, 0.15) is 12.5 Å². The second kappa shape index (κ2) is 4.65. The number of benzene rings is 1. The number of carbonyl (C=O) groups is 1. The molecule has 0 saturated heterocycles. The van der Waals surface area contributed by atoms with E-state index < -0.39 is 11.9 Å². The van der Waals surface area contributed by atoms with Crippen molar-refractivity contribution >= 4 is 5.91 Å². The van der Waals surface area contributed by atoms with Gasteiger partial charge in [0.1, 0.15) is 0 Å². The van der Waals surface area contributed by atoms with E-state index in [1.807, 2.05) is 0 Å². The Morgan fingerprint density at radius 3 is 2.67 bits per heavy atom. The van der Waals surface area contributed by atoms with Crippen LogP contribution in [0.25, 0.3) is 0 Å². The molecule has 1 amide bonds. The summed E-state index contributed by atoms with van der Waals surface area (Å²) in [5.74, 6) is -0.777. The Morgan fingerprint density at radius 2 is 2.13 bits per heavy atom. The predicted octanol–water partition coefficient (Wildman–Crippen LogP) is 0.0612. The molecule has 0 fully saturated rings. The van der Waals surface area contributed by atoms with Gasteiger partial charge in [-0.1, -0.05) is 6.07 Å². The van der Waals surface area contributed by atoms with Crippen LogP contribution in [0.3, 0.4) is 0 Å². The first kappa shape index (κ1) is 11.3. The Balaban J connectivity index is 2.58. The zero-order valence-corrected chi connectivity index (χ0v) is 8.40. The Hall–Kier alpha value is -1.75. The van der Waals surface area contributed by atoms with Crippen LogP contribution in [-0.2, 0) is 11.3 Å². The van der Waals surface area contributed by atoms with Gasteiger partial charge in [0.25, 0.3) is 0 Å². The topological polar surface area (TPSA) is 95.6 Å². The molecule has 1 aromatic rings. The molecule has 5 heteroatoms. The fourth-order valence-electron chi connectivity index (χ4n) is 1.05. The van der Waals surface area contributed by atoms with E-state index in [0.29, 0.717) is 6.54 Å². The largest absolute Gasteiger partial charge is 0.504 e. The van der Waals surface area contributed by atoms with Crippen LogP contribution in [0, 0.1) is 0 Å². The number of amides is 1. The Bertz CT molecular complexity index is 366. The molecule has 0 aromatic heterocycles. The van der Waals surface area contributed by atoms with Gasteiger partial charge in [0, 0.05) is 6.54 Å². The van der Waals surface area contributed by atoms with Gasteiger partial charge in [-0.05, 0) is 24.6 Å². The van der Waals surface area contributed by atoms with Crippen LogP contribution in [0.15, 0.2) is 18.2 Å². The third-order valence-electron chi connectivity index (χ3n) is 2.08. The molecular weight excluding hydrogens is 196 g/mol. The van der Waals surface area contributed by atoms with Crippen molar-refractivity contribution in [3.63, 3.8) is 0 Å². The van der Waals surface area contributed by atoms with Gasteiger partial charge in [-0.25, -0.2) is 0 Å². The van der Waals surface area contributed by atoms with Gasteiger partial charge in [-0.2, -0.15) is 0 Å². The normalized spacial score (nSPS) is 12.3. The summed E-state index contributed by atoms with van der Waals surface area (Å²) in [7, 11) is 0. The third-order valence-corrected chi connectivity index (χ3v) is 2.08. The number of nitrogens with one attached hydrogen (secondary N) is 1. The maximum Gasteiger partial charge on any atom is 0.234 e. The summed E-state index contributed by atoms with van der Waals surface area (Å²) in [4.78, 5) is 10.7. The van der Waals surface area contributed by atoms with Crippen molar-refractivity contribution in [2.75, 3.05) is 0 Å². The Morgan fingerprint density at radius 1 is 1.47 bits per heavy atom. The lowest BCUT2D eigenvalue weighted by Crippen LogP contribution is -2.38. The molecule has 0 spiro atoms. The number of carbonyl (C=O) groups excluding carboxylic acids is 1.